The van der Waals surface area contributed by atoms with Gasteiger partial charge < -0.3 is 5.32 Å². The normalized spacial score (nSPS) is 10.8. The van der Waals surface area contributed by atoms with E-state index in [9.17, 15) is 14.0 Å². The molecule has 1 heterocycles. The first-order valence-electron chi connectivity index (χ1n) is 10.8. The molecule has 0 aliphatic heterocycles. The Hall–Kier alpha value is -3.82. The van der Waals surface area contributed by atoms with Crippen molar-refractivity contribution in [3.05, 3.63) is 124 Å². The Labute approximate surface area is 220 Å². The molecule has 0 radical (unpaired) electrons. The van der Waals surface area contributed by atoms with Gasteiger partial charge in [-0.05, 0) is 65.7 Å². The molecule has 2 N–H and O–H groups in total. The second kappa shape index (κ2) is 12.2. The fourth-order valence-corrected chi connectivity index (χ4v) is 4.37. The standard InChI is InChI=1S/C27H20BrFN4O2S/c28-21-6-9-25(24(15-21)27(35)33-31-16-18-4-7-22(29)8-5-18)32-26(34)20-3-1-2-19(14-20)17-36-23-10-12-30-13-11-23/h1-16H,17H2,(H,32,34)(H,33,35)/b31-16+. The van der Waals surface area contributed by atoms with E-state index in [-0.39, 0.29) is 17.3 Å². The minimum atomic E-state index is -0.507. The van der Waals surface area contributed by atoms with Gasteiger partial charge in [-0.25, -0.2) is 9.82 Å². The third-order valence-corrected chi connectivity index (χ3v) is 6.54. The second-order valence-electron chi connectivity index (χ2n) is 7.57. The van der Waals surface area contributed by atoms with Crippen LogP contribution in [0.25, 0.3) is 0 Å². The Morgan fingerprint density at radius 1 is 0.972 bits per heavy atom. The van der Waals surface area contributed by atoms with Crippen molar-refractivity contribution in [3.8, 4) is 0 Å². The SMILES string of the molecule is O=C(Nc1ccc(Br)cc1C(=O)N/N=C/c1ccc(F)cc1)c1cccc(CSc2ccncc2)c1. The third kappa shape index (κ3) is 7.10. The summed E-state index contributed by atoms with van der Waals surface area (Å²) in [5, 5.41) is 6.75. The number of amides is 2. The van der Waals surface area contributed by atoms with Gasteiger partial charge in [0, 0.05) is 33.1 Å². The number of thioether (sulfide) groups is 1. The Bertz CT molecular complexity index is 1400. The van der Waals surface area contributed by atoms with Gasteiger partial charge in [0.25, 0.3) is 11.8 Å². The maximum atomic E-state index is 13.0. The van der Waals surface area contributed by atoms with Crippen LogP contribution in [-0.2, 0) is 5.75 Å². The Kier molecular flexibility index (Phi) is 8.59. The molecule has 0 spiro atoms. The molecule has 36 heavy (non-hydrogen) atoms. The van der Waals surface area contributed by atoms with Crippen molar-refractivity contribution < 1.29 is 14.0 Å². The van der Waals surface area contributed by atoms with Crippen molar-refractivity contribution in [2.75, 3.05) is 5.32 Å². The molecule has 180 valence electrons. The van der Waals surface area contributed by atoms with E-state index in [2.05, 4.69) is 36.8 Å². The zero-order chi connectivity index (χ0) is 25.3. The lowest BCUT2D eigenvalue weighted by Crippen LogP contribution is -2.21. The van der Waals surface area contributed by atoms with Crippen LogP contribution in [0.5, 0.6) is 0 Å². The number of aromatic nitrogens is 1. The van der Waals surface area contributed by atoms with Gasteiger partial charge in [-0.3, -0.25) is 14.6 Å². The number of anilines is 1. The second-order valence-corrected chi connectivity index (χ2v) is 9.53. The van der Waals surface area contributed by atoms with E-state index < -0.39 is 5.91 Å². The number of nitrogens with one attached hydrogen (secondary N) is 2. The van der Waals surface area contributed by atoms with Gasteiger partial charge in [0.15, 0.2) is 0 Å². The zero-order valence-electron chi connectivity index (χ0n) is 18.8. The molecule has 0 bridgehead atoms. The van der Waals surface area contributed by atoms with Crippen molar-refractivity contribution in [2.45, 2.75) is 10.6 Å². The number of rotatable bonds is 8. The Morgan fingerprint density at radius 2 is 1.75 bits per heavy atom. The van der Waals surface area contributed by atoms with E-state index in [1.54, 1.807) is 60.6 Å². The highest BCUT2D eigenvalue weighted by Crippen LogP contribution is 2.24. The van der Waals surface area contributed by atoms with Crippen LogP contribution >= 0.6 is 27.7 Å². The van der Waals surface area contributed by atoms with Gasteiger partial charge in [-0.2, -0.15) is 5.10 Å². The molecule has 9 heteroatoms. The first kappa shape index (κ1) is 25.3. The molecule has 2 amide bonds. The van der Waals surface area contributed by atoms with E-state index in [4.69, 9.17) is 0 Å². The molecule has 0 saturated carbocycles. The van der Waals surface area contributed by atoms with Crippen LogP contribution in [0.3, 0.4) is 0 Å². The minimum absolute atomic E-state index is 0.235. The van der Waals surface area contributed by atoms with Crippen molar-refractivity contribution in [1.82, 2.24) is 10.4 Å². The number of carbonyl (C=O) groups is 2. The number of halogens is 2. The molecule has 0 unspecified atom stereocenters. The van der Waals surface area contributed by atoms with Crippen LogP contribution in [-0.4, -0.2) is 23.0 Å². The average Bonchev–Trinajstić information content (AvgIpc) is 2.90. The van der Waals surface area contributed by atoms with E-state index in [1.165, 1.54) is 18.3 Å². The highest BCUT2D eigenvalue weighted by molar-refractivity contribution is 9.10. The third-order valence-electron chi connectivity index (χ3n) is 4.97. The lowest BCUT2D eigenvalue weighted by atomic mass is 10.1. The quantitative estimate of drug-likeness (QED) is 0.150. The van der Waals surface area contributed by atoms with Gasteiger partial charge in [0.2, 0.25) is 0 Å². The zero-order valence-corrected chi connectivity index (χ0v) is 21.2. The molecule has 0 saturated heterocycles. The summed E-state index contributed by atoms with van der Waals surface area (Å²) in [4.78, 5) is 30.9. The summed E-state index contributed by atoms with van der Waals surface area (Å²) in [5.74, 6) is -0.503. The lowest BCUT2D eigenvalue weighted by molar-refractivity contribution is 0.0956. The molecule has 6 nitrogen and oxygen atoms in total. The molecule has 0 atom stereocenters. The van der Waals surface area contributed by atoms with Gasteiger partial charge >= 0.3 is 0 Å². The summed E-state index contributed by atoms with van der Waals surface area (Å²) >= 11 is 5.01. The van der Waals surface area contributed by atoms with E-state index in [0.29, 0.717) is 27.0 Å². The monoisotopic (exact) mass is 562 g/mol. The Balaban J connectivity index is 1.44. The largest absolute Gasteiger partial charge is 0.321 e. The van der Waals surface area contributed by atoms with E-state index in [1.807, 2.05) is 30.3 Å². The molecule has 0 aliphatic rings. The van der Waals surface area contributed by atoms with E-state index >= 15 is 0 Å². The van der Waals surface area contributed by atoms with Gasteiger partial charge in [-0.1, -0.05) is 40.2 Å². The predicted molar refractivity (Wildman–Crippen MR) is 144 cm³/mol. The number of nitrogens with zero attached hydrogens (tertiary/aromatic N) is 2. The molecular weight excluding hydrogens is 543 g/mol. The first-order valence-corrected chi connectivity index (χ1v) is 12.6. The topological polar surface area (TPSA) is 83.5 Å². The van der Waals surface area contributed by atoms with Crippen LogP contribution < -0.4 is 10.7 Å². The van der Waals surface area contributed by atoms with Gasteiger partial charge in [0.1, 0.15) is 5.82 Å². The first-order chi connectivity index (χ1) is 17.5. The van der Waals surface area contributed by atoms with Crippen LogP contribution in [0.15, 0.2) is 106 Å². The minimum Gasteiger partial charge on any atom is -0.321 e. The Morgan fingerprint density at radius 3 is 2.53 bits per heavy atom. The van der Waals surface area contributed by atoms with E-state index in [0.717, 1.165) is 10.5 Å². The van der Waals surface area contributed by atoms with Crippen LogP contribution in [0, 0.1) is 5.82 Å². The maximum Gasteiger partial charge on any atom is 0.273 e. The summed E-state index contributed by atoms with van der Waals surface area (Å²) in [6.07, 6.45) is 4.89. The number of hydrogen-bond donors (Lipinski definition) is 2. The van der Waals surface area contributed by atoms with Crippen molar-refractivity contribution >= 4 is 51.4 Å². The van der Waals surface area contributed by atoms with Crippen molar-refractivity contribution in [2.24, 2.45) is 5.10 Å². The molecule has 4 aromatic rings. The number of hydrogen-bond acceptors (Lipinski definition) is 5. The van der Waals surface area contributed by atoms with Crippen molar-refractivity contribution in [1.29, 1.82) is 0 Å². The molecular formula is C27H20BrFN4O2S. The predicted octanol–water partition coefficient (Wildman–Crippen LogP) is 6.29. The lowest BCUT2D eigenvalue weighted by Gasteiger charge is -2.11. The molecule has 0 fully saturated rings. The molecule has 0 aliphatic carbocycles. The fraction of sp³-hybridized carbons (Fsp3) is 0.0370. The fourth-order valence-electron chi connectivity index (χ4n) is 3.19. The van der Waals surface area contributed by atoms with Crippen LogP contribution in [0.2, 0.25) is 0 Å². The average molecular weight is 563 g/mol. The highest BCUT2D eigenvalue weighted by Gasteiger charge is 2.15. The van der Waals surface area contributed by atoms with Crippen LogP contribution in [0.1, 0.15) is 31.8 Å². The summed E-state index contributed by atoms with van der Waals surface area (Å²) in [6.45, 7) is 0. The smallest absolute Gasteiger partial charge is 0.273 e. The summed E-state index contributed by atoms with van der Waals surface area (Å²) in [7, 11) is 0. The number of pyridine rings is 1. The van der Waals surface area contributed by atoms with Crippen molar-refractivity contribution in [3.63, 3.8) is 0 Å². The molecule has 4 rings (SSSR count). The molecule has 1 aromatic heterocycles. The number of benzene rings is 3. The highest BCUT2D eigenvalue weighted by atomic mass is 79.9. The van der Waals surface area contributed by atoms with Crippen LogP contribution in [0.4, 0.5) is 10.1 Å². The summed E-state index contributed by atoms with van der Waals surface area (Å²) < 4.78 is 13.7. The number of carbonyl (C=O) groups excluding carboxylic acids is 2. The maximum absolute atomic E-state index is 13.0. The summed E-state index contributed by atoms with van der Waals surface area (Å²) in [5.41, 5.74) is 5.12. The van der Waals surface area contributed by atoms with Gasteiger partial charge in [0.05, 0.1) is 17.5 Å². The number of hydrazone groups is 1. The molecule has 3 aromatic carbocycles. The van der Waals surface area contributed by atoms with Gasteiger partial charge in [-0.15, -0.1) is 11.8 Å². The summed E-state index contributed by atoms with van der Waals surface area (Å²) in [6, 6.07) is 21.9.